The van der Waals surface area contributed by atoms with Crippen molar-refractivity contribution in [3.63, 3.8) is 0 Å². The summed E-state index contributed by atoms with van der Waals surface area (Å²) in [5.41, 5.74) is 2.80. The van der Waals surface area contributed by atoms with Crippen LogP contribution in [-0.2, 0) is 0 Å². The van der Waals surface area contributed by atoms with Crippen molar-refractivity contribution >= 4 is 23.3 Å². The largest absolute Gasteiger partial charge is 0.352 e. The number of pyridine rings is 1. The Morgan fingerprint density at radius 3 is 2.94 bits per heavy atom. The van der Waals surface area contributed by atoms with Gasteiger partial charge < -0.3 is 10.7 Å². The van der Waals surface area contributed by atoms with Crippen LogP contribution in [0.15, 0.2) is 12.3 Å². The van der Waals surface area contributed by atoms with Gasteiger partial charge in [-0.1, -0.05) is 18.5 Å². The van der Waals surface area contributed by atoms with Crippen molar-refractivity contribution < 1.29 is 4.79 Å². The second-order valence-corrected chi connectivity index (χ2v) is 4.79. The number of nitrogen functional groups attached to an aromatic ring is 1. The molecule has 4 N–H and O–H groups in total. The number of nitrogens with zero attached hydrogens (tertiary/aromatic N) is 1. The van der Waals surface area contributed by atoms with Gasteiger partial charge in [0.25, 0.3) is 5.91 Å². The van der Waals surface area contributed by atoms with Crippen LogP contribution in [0.5, 0.6) is 0 Å². The van der Waals surface area contributed by atoms with Crippen LogP contribution < -0.4 is 16.6 Å². The van der Waals surface area contributed by atoms with Gasteiger partial charge in [0.15, 0.2) is 5.82 Å². The fourth-order valence-corrected chi connectivity index (χ4v) is 1.90. The normalized spacial score (nSPS) is 22.1. The van der Waals surface area contributed by atoms with Gasteiger partial charge in [-0.3, -0.25) is 4.79 Å². The van der Waals surface area contributed by atoms with E-state index in [1.165, 1.54) is 12.6 Å². The van der Waals surface area contributed by atoms with Crippen molar-refractivity contribution in [1.82, 2.24) is 10.3 Å². The quantitative estimate of drug-likeness (QED) is 0.561. The lowest BCUT2D eigenvalue weighted by Gasteiger charge is -2.06. The molecular weight excluding hydrogens is 240 g/mol. The first-order valence-corrected chi connectivity index (χ1v) is 5.90. The molecule has 0 aliphatic heterocycles. The molecule has 6 heteroatoms. The van der Waals surface area contributed by atoms with E-state index < -0.39 is 0 Å². The molecule has 0 saturated heterocycles. The first-order valence-electron chi connectivity index (χ1n) is 5.52. The molecule has 2 atom stereocenters. The summed E-state index contributed by atoms with van der Waals surface area (Å²) in [6.45, 7) is 2.89. The minimum Gasteiger partial charge on any atom is -0.352 e. The third-order valence-corrected chi connectivity index (χ3v) is 3.33. The third kappa shape index (κ3) is 2.87. The molecule has 0 aromatic carbocycles. The van der Waals surface area contributed by atoms with Gasteiger partial charge in [-0.05, 0) is 24.3 Å². The Balaban J connectivity index is 1.96. The lowest BCUT2D eigenvalue weighted by Crippen LogP contribution is -2.26. The summed E-state index contributed by atoms with van der Waals surface area (Å²) in [5, 5.41) is 3.20. The molecular formula is C11H15ClN4O. The van der Waals surface area contributed by atoms with Gasteiger partial charge >= 0.3 is 0 Å². The molecule has 0 radical (unpaired) electrons. The maximum Gasteiger partial charge on any atom is 0.252 e. The van der Waals surface area contributed by atoms with E-state index in [0.717, 1.165) is 5.92 Å². The first kappa shape index (κ1) is 12.1. The number of anilines is 1. The van der Waals surface area contributed by atoms with Crippen molar-refractivity contribution in [2.24, 2.45) is 17.7 Å². The number of amides is 1. The Bertz CT molecular complexity index is 437. The molecule has 1 fully saturated rings. The number of nitrogens with one attached hydrogen (secondary N) is 2. The maximum absolute atomic E-state index is 11.8. The van der Waals surface area contributed by atoms with E-state index in [1.807, 2.05) is 0 Å². The van der Waals surface area contributed by atoms with Crippen LogP contribution in [-0.4, -0.2) is 17.4 Å². The number of aromatic nitrogens is 1. The molecule has 0 spiro atoms. The average Bonchev–Trinajstić information content (AvgIpc) is 3.02. The molecule has 1 aromatic rings. The van der Waals surface area contributed by atoms with Gasteiger partial charge in [0.05, 0.1) is 10.6 Å². The van der Waals surface area contributed by atoms with Gasteiger partial charge in [0, 0.05) is 12.7 Å². The smallest absolute Gasteiger partial charge is 0.252 e. The van der Waals surface area contributed by atoms with Crippen molar-refractivity contribution in [1.29, 1.82) is 0 Å². The molecule has 0 bridgehead atoms. The highest BCUT2D eigenvalue weighted by atomic mass is 35.5. The lowest BCUT2D eigenvalue weighted by atomic mass is 10.2. The summed E-state index contributed by atoms with van der Waals surface area (Å²) in [6.07, 6.45) is 2.64. The molecule has 2 unspecified atom stereocenters. The van der Waals surface area contributed by atoms with Gasteiger partial charge in [-0.25, -0.2) is 10.8 Å². The SMILES string of the molecule is CC1CC1CNC(=O)c1cnc(NN)c(Cl)c1. The zero-order valence-corrected chi connectivity index (χ0v) is 10.3. The van der Waals surface area contributed by atoms with Crippen molar-refractivity contribution in [2.75, 3.05) is 12.0 Å². The summed E-state index contributed by atoms with van der Waals surface area (Å²) >= 11 is 5.89. The highest BCUT2D eigenvalue weighted by Crippen LogP contribution is 2.36. The molecule has 1 saturated carbocycles. The molecule has 5 nitrogen and oxygen atoms in total. The highest BCUT2D eigenvalue weighted by molar-refractivity contribution is 6.33. The van der Waals surface area contributed by atoms with E-state index in [4.69, 9.17) is 17.4 Å². The molecule has 92 valence electrons. The highest BCUT2D eigenvalue weighted by Gasteiger charge is 2.32. The van der Waals surface area contributed by atoms with Crippen LogP contribution >= 0.6 is 11.6 Å². The summed E-state index contributed by atoms with van der Waals surface area (Å²) in [7, 11) is 0. The third-order valence-electron chi connectivity index (χ3n) is 3.04. The topological polar surface area (TPSA) is 80.0 Å². The van der Waals surface area contributed by atoms with E-state index in [0.29, 0.717) is 28.9 Å². The van der Waals surface area contributed by atoms with E-state index >= 15 is 0 Å². The number of hydrazine groups is 1. The minimum absolute atomic E-state index is 0.151. The van der Waals surface area contributed by atoms with E-state index in [-0.39, 0.29) is 5.91 Å². The van der Waals surface area contributed by atoms with Crippen LogP contribution in [0.1, 0.15) is 23.7 Å². The Morgan fingerprint density at radius 2 is 2.41 bits per heavy atom. The molecule has 1 amide bonds. The van der Waals surface area contributed by atoms with Crippen LogP contribution in [0.2, 0.25) is 5.02 Å². The Kier molecular flexibility index (Phi) is 3.49. The predicted octanol–water partition coefficient (Wildman–Crippen LogP) is 1.41. The van der Waals surface area contributed by atoms with Crippen LogP contribution in [0, 0.1) is 11.8 Å². The van der Waals surface area contributed by atoms with Gasteiger partial charge in [0.2, 0.25) is 0 Å². The number of carbonyl (C=O) groups is 1. The summed E-state index contributed by atoms with van der Waals surface area (Å²) in [4.78, 5) is 15.7. The number of nitrogens with two attached hydrogens (primary N) is 1. The Labute approximate surface area is 105 Å². The summed E-state index contributed by atoms with van der Waals surface area (Å²) < 4.78 is 0. The molecule has 2 rings (SSSR count). The molecule has 1 aliphatic carbocycles. The van der Waals surface area contributed by atoms with E-state index in [9.17, 15) is 4.79 Å². The second kappa shape index (κ2) is 4.89. The van der Waals surface area contributed by atoms with Crippen LogP contribution in [0.4, 0.5) is 5.82 Å². The van der Waals surface area contributed by atoms with Gasteiger partial charge in [-0.15, -0.1) is 0 Å². The van der Waals surface area contributed by atoms with Crippen molar-refractivity contribution in [2.45, 2.75) is 13.3 Å². The lowest BCUT2D eigenvalue weighted by molar-refractivity contribution is 0.0951. The van der Waals surface area contributed by atoms with Crippen molar-refractivity contribution in [3.8, 4) is 0 Å². The molecule has 1 aliphatic rings. The van der Waals surface area contributed by atoms with Gasteiger partial charge in [-0.2, -0.15) is 0 Å². The maximum atomic E-state index is 11.8. The number of rotatable bonds is 4. The predicted molar refractivity (Wildman–Crippen MR) is 66.7 cm³/mol. The zero-order valence-electron chi connectivity index (χ0n) is 9.53. The summed E-state index contributed by atoms with van der Waals surface area (Å²) in [5.74, 6) is 6.75. The second-order valence-electron chi connectivity index (χ2n) is 4.38. The zero-order chi connectivity index (χ0) is 12.4. The van der Waals surface area contributed by atoms with Crippen LogP contribution in [0.25, 0.3) is 0 Å². The number of halogens is 1. The molecule has 17 heavy (non-hydrogen) atoms. The van der Waals surface area contributed by atoms with E-state index in [1.54, 1.807) is 6.07 Å². The molecule has 1 aromatic heterocycles. The first-order chi connectivity index (χ1) is 8.11. The van der Waals surface area contributed by atoms with Gasteiger partial charge in [0.1, 0.15) is 0 Å². The Morgan fingerprint density at radius 1 is 1.71 bits per heavy atom. The Hall–Kier alpha value is -1.33. The van der Waals surface area contributed by atoms with Crippen LogP contribution in [0.3, 0.4) is 0 Å². The fourth-order valence-electron chi connectivity index (χ4n) is 1.68. The minimum atomic E-state index is -0.151. The standard InChI is InChI=1S/C11H15ClN4O/c1-6-2-7(6)4-15-11(17)8-3-9(12)10(16-13)14-5-8/h3,5-7H,2,4,13H2,1H3,(H,14,16)(H,15,17). The fraction of sp³-hybridized carbons (Fsp3) is 0.455. The molecule has 1 heterocycles. The average molecular weight is 255 g/mol. The number of hydrogen-bond donors (Lipinski definition) is 3. The van der Waals surface area contributed by atoms with E-state index in [2.05, 4.69) is 22.7 Å². The number of carbonyl (C=O) groups excluding carboxylic acids is 1. The number of hydrogen-bond acceptors (Lipinski definition) is 4. The monoisotopic (exact) mass is 254 g/mol. The van der Waals surface area contributed by atoms with Crippen molar-refractivity contribution in [3.05, 3.63) is 22.8 Å². The summed E-state index contributed by atoms with van der Waals surface area (Å²) in [6, 6.07) is 1.55.